The number of nitrogens with one attached hydrogen (secondary N) is 1. The van der Waals surface area contributed by atoms with E-state index in [2.05, 4.69) is 15.3 Å². The number of piperidine rings is 2. The van der Waals surface area contributed by atoms with Crippen LogP contribution < -0.4 is 10.2 Å². The molecule has 0 aliphatic carbocycles. The Bertz CT molecular complexity index is 1230. The van der Waals surface area contributed by atoms with E-state index in [9.17, 15) is 27.1 Å². The number of benzene rings is 1. The Labute approximate surface area is 209 Å². The second-order valence-electron chi connectivity index (χ2n) is 9.95. The summed E-state index contributed by atoms with van der Waals surface area (Å²) in [6, 6.07) is 0.708. The minimum atomic E-state index is -3.92. The highest BCUT2D eigenvalue weighted by Crippen LogP contribution is 2.28. The number of hydrogen-bond acceptors (Lipinski definition) is 8. The second kappa shape index (κ2) is 9.89. The molecule has 0 saturated carbocycles. The lowest BCUT2D eigenvalue weighted by Gasteiger charge is -2.42. The van der Waals surface area contributed by atoms with Crippen LogP contribution in [0.2, 0.25) is 0 Å². The molecule has 9 nitrogen and oxygen atoms in total. The van der Waals surface area contributed by atoms with Crippen LogP contribution in [0.4, 0.5) is 20.4 Å². The van der Waals surface area contributed by atoms with Gasteiger partial charge in [-0.15, -0.1) is 0 Å². The van der Waals surface area contributed by atoms with Gasteiger partial charge in [0.2, 0.25) is 11.9 Å². The van der Waals surface area contributed by atoms with Crippen LogP contribution in [0.3, 0.4) is 0 Å². The lowest BCUT2D eigenvalue weighted by molar-refractivity contribution is -0.137. The summed E-state index contributed by atoms with van der Waals surface area (Å²) in [6.45, 7) is 5.24. The molecule has 12 heteroatoms. The molecule has 2 saturated heterocycles. The maximum Gasteiger partial charge on any atom is 0.245 e. The maximum absolute atomic E-state index is 14.5. The maximum atomic E-state index is 14.5. The van der Waals surface area contributed by atoms with Gasteiger partial charge in [0.15, 0.2) is 9.84 Å². The summed E-state index contributed by atoms with van der Waals surface area (Å²) in [5.41, 5.74) is -0.628. The van der Waals surface area contributed by atoms with Gasteiger partial charge in [-0.25, -0.2) is 27.2 Å². The molecule has 2 aliphatic heterocycles. The largest absolute Gasteiger partial charge is 0.386 e. The van der Waals surface area contributed by atoms with Crippen LogP contribution in [-0.4, -0.2) is 72.3 Å². The fraction of sp³-hybridized carbons (Fsp3) is 0.542. The minimum absolute atomic E-state index is 0.00296. The molecule has 0 unspecified atom stereocenters. The number of hydrogen-bond donors (Lipinski definition) is 2. The molecule has 1 atom stereocenters. The third-order valence-corrected chi connectivity index (χ3v) is 7.87. The summed E-state index contributed by atoms with van der Waals surface area (Å²) >= 11 is 0. The molecular weight excluding hydrogens is 492 g/mol. The van der Waals surface area contributed by atoms with Crippen LogP contribution in [0, 0.1) is 11.6 Å². The number of carbonyl (C=O) groups is 1. The number of halogens is 2. The van der Waals surface area contributed by atoms with Crippen molar-refractivity contribution >= 4 is 27.4 Å². The van der Waals surface area contributed by atoms with Gasteiger partial charge in [-0.1, -0.05) is 0 Å². The van der Waals surface area contributed by atoms with E-state index < -0.39 is 38.0 Å². The number of carbonyl (C=O) groups excluding carboxylic acids is 1. The number of aliphatic hydroxyl groups is 1. The first-order chi connectivity index (χ1) is 16.8. The lowest BCUT2D eigenvalue weighted by atomic mass is 9.97. The molecule has 3 heterocycles. The Morgan fingerprint density at radius 2 is 1.69 bits per heavy atom. The van der Waals surface area contributed by atoms with Crippen molar-refractivity contribution in [2.45, 2.75) is 62.1 Å². The molecular formula is C24H31F2N5O4S. The third-order valence-electron chi connectivity index (χ3n) is 6.76. The molecule has 196 valence electrons. The lowest BCUT2D eigenvalue weighted by Crippen LogP contribution is -2.54. The molecule has 0 bridgehead atoms. The Hall–Kier alpha value is -2.86. The van der Waals surface area contributed by atoms with Crippen LogP contribution in [0.1, 0.15) is 45.1 Å². The number of likely N-dealkylation sites (tertiary alicyclic amines) is 1. The SMILES string of the molecule is CC(C)(O)c1cnc(N2CCC(N3CCC[C@H](Nc4cc(F)c(S(C)(=O)=O)cc4F)C3=O)CC2)nc1. The zero-order chi connectivity index (χ0) is 26.3. The first-order valence-corrected chi connectivity index (χ1v) is 13.8. The van der Waals surface area contributed by atoms with Crippen molar-refractivity contribution in [3.8, 4) is 0 Å². The van der Waals surface area contributed by atoms with Crippen molar-refractivity contribution in [3.05, 3.63) is 41.7 Å². The molecule has 2 N–H and O–H groups in total. The average molecular weight is 524 g/mol. The predicted molar refractivity (Wildman–Crippen MR) is 130 cm³/mol. The summed E-state index contributed by atoms with van der Waals surface area (Å²) in [7, 11) is -3.92. The molecule has 1 aromatic heterocycles. The van der Waals surface area contributed by atoms with Gasteiger partial charge in [0.1, 0.15) is 22.6 Å². The van der Waals surface area contributed by atoms with Crippen molar-refractivity contribution in [2.75, 3.05) is 36.1 Å². The van der Waals surface area contributed by atoms with Crippen molar-refractivity contribution in [2.24, 2.45) is 0 Å². The molecule has 2 fully saturated rings. The summed E-state index contributed by atoms with van der Waals surface area (Å²) in [5, 5.41) is 12.9. The molecule has 2 aliphatic rings. The molecule has 1 amide bonds. The Morgan fingerprint density at radius 3 is 2.28 bits per heavy atom. The fourth-order valence-electron chi connectivity index (χ4n) is 4.69. The zero-order valence-corrected chi connectivity index (χ0v) is 21.4. The molecule has 2 aromatic rings. The standard InChI is InChI=1S/C24H31F2N5O4S/c1-24(2,33)15-13-27-23(28-14-15)30-9-6-16(7-10-30)31-8-4-5-19(22(31)32)29-20-11-18(26)21(12-17(20)25)36(3,34)35/h11-14,16,19,29,33H,4-10H2,1-3H3/t19-/m0/s1. The quantitative estimate of drug-likeness (QED) is 0.593. The van der Waals surface area contributed by atoms with Gasteiger partial charge in [-0.2, -0.15) is 0 Å². The summed E-state index contributed by atoms with van der Waals surface area (Å²) in [4.78, 5) is 25.1. The van der Waals surface area contributed by atoms with E-state index in [4.69, 9.17) is 0 Å². The average Bonchev–Trinajstić information content (AvgIpc) is 2.81. The number of amides is 1. The van der Waals surface area contributed by atoms with E-state index in [0.717, 1.165) is 12.3 Å². The molecule has 4 rings (SSSR count). The van der Waals surface area contributed by atoms with Crippen LogP contribution in [0.25, 0.3) is 0 Å². The van der Waals surface area contributed by atoms with Crippen LogP contribution in [-0.2, 0) is 20.2 Å². The predicted octanol–water partition coefficient (Wildman–Crippen LogP) is 2.46. The van der Waals surface area contributed by atoms with Gasteiger partial charge in [0, 0.05) is 56.0 Å². The first kappa shape index (κ1) is 26.2. The topological polar surface area (TPSA) is 116 Å². The number of sulfone groups is 1. The minimum Gasteiger partial charge on any atom is -0.386 e. The molecule has 0 spiro atoms. The van der Waals surface area contributed by atoms with Crippen LogP contribution in [0.5, 0.6) is 0 Å². The zero-order valence-electron chi connectivity index (χ0n) is 20.5. The third kappa shape index (κ3) is 5.59. The second-order valence-corrected chi connectivity index (χ2v) is 11.9. The smallest absolute Gasteiger partial charge is 0.245 e. The Balaban J connectivity index is 1.39. The highest BCUT2D eigenvalue weighted by atomic mass is 32.2. The van der Waals surface area contributed by atoms with Crippen LogP contribution >= 0.6 is 0 Å². The van der Waals surface area contributed by atoms with E-state index in [1.54, 1.807) is 31.1 Å². The van der Waals surface area contributed by atoms with Gasteiger partial charge >= 0.3 is 0 Å². The number of nitrogens with zero attached hydrogens (tertiary/aromatic N) is 4. The highest BCUT2D eigenvalue weighted by molar-refractivity contribution is 7.90. The van der Waals surface area contributed by atoms with Crippen molar-refractivity contribution in [3.63, 3.8) is 0 Å². The molecule has 0 radical (unpaired) electrons. The van der Waals surface area contributed by atoms with E-state index >= 15 is 0 Å². The molecule has 1 aromatic carbocycles. The molecule has 36 heavy (non-hydrogen) atoms. The van der Waals surface area contributed by atoms with Gasteiger partial charge < -0.3 is 20.2 Å². The Kier molecular flexibility index (Phi) is 7.20. The summed E-state index contributed by atoms with van der Waals surface area (Å²) in [5.74, 6) is -1.60. The van der Waals surface area contributed by atoms with E-state index in [1.807, 2.05) is 4.90 Å². The fourth-order valence-corrected chi connectivity index (χ4v) is 5.42. The van der Waals surface area contributed by atoms with Crippen molar-refractivity contribution < 1.29 is 27.1 Å². The van der Waals surface area contributed by atoms with E-state index in [0.29, 0.717) is 62.9 Å². The first-order valence-electron chi connectivity index (χ1n) is 11.9. The number of aromatic nitrogens is 2. The number of anilines is 2. The highest BCUT2D eigenvalue weighted by Gasteiger charge is 2.35. The summed E-state index contributed by atoms with van der Waals surface area (Å²) in [6.07, 6.45) is 6.62. The summed E-state index contributed by atoms with van der Waals surface area (Å²) < 4.78 is 52.1. The normalized spacial score (nSPS) is 20.1. The van der Waals surface area contributed by atoms with Gasteiger partial charge in [0.05, 0.1) is 11.3 Å². The van der Waals surface area contributed by atoms with E-state index in [-0.39, 0.29) is 17.6 Å². The van der Waals surface area contributed by atoms with Gasteiger partial charge in [-0.05, 0) is 45.6 Å². The van der Waals surface area contributed by atoms with Crippen molar-refractivity contribution in [1.29, 1.82) is 0 Å². The van der Waals surface area contributed by atoms with Gasteiger partial charge in [-0.3, -0.25) is 4.79 Å². The van der Waals surface area contributed by atoms with Crippen molar-refractivity contribution in [1.82, 2.24) is 14.9 Å². The van der Waals surface area contributed by atoms with E-state index in [1.165, 1.54) is 0 Å². The Morgan fingerprint density at radius 1 is 1.06 bits per heavy atom. The monoisotopic (exact) mass is 523 g/mol. The number of rotatable bonds is 6. The van der Waals surface area contributed by atoms with Gasteiger partial charge in [0.25, 0.3) is 0 Å². The van der Waals surface area contributed by atoms with Crippen LogP contribution in [0.15, 0.2) is 29.4 Å².